The van der Waals surface area contributed by atoms with Crippen LogP contribution in [0.2, 0.25) is 0 Å². The highest BCUT2D eigenvalue weighted by Gasteiger charge is 2.10. The van der Waals surface area contributed by atoms with E-state index in [1.807, 2.05) is 32.0 Å². The molecule has 0 aliphatic heterocycles. The number of nitrogens with one attached hydrogen (secondary N) is 2. The van der Waals surface area contributed by atoms with E-state index in [0.717, 1.165) is 17.2 Å². The van der Waals surface area contributed by atoms with Gasteiger partial charge in [0.05, 0.1) is 11.7 Å². The molecule has 4 N–H and O–H groups in total. The maximum atomic E-state index is 11.0. The highest BCUT2D eigenvalue weighted by molar-refractivity contribution is 7.90. The summed E-state index contributed by atoms with van der Waals surface area (Å²) in [5.74, 6) is 1.66. The van der Waals surface area contributed by atoms with Crippen LogP contribution in [0.3, 0.4) is 0 Å². The molecular weight excluding hydrogens is 278 g/mol. The number of hydrogen-bond donors (Lipinski definition) is 3. The van der Waals surface area contributed by atoms with E-state index in [2.05, 4.69) is 10.0 Å². The maximum Gasteiger partial charge on any atom is 0.296 e. The van der Waals surface area contributed by atoms with Crippen molar-refractivity contribution in [3.8, 4) is 0 Å². The lowest BCUT2D eigenvalue weighted by Gasteiger charge is -2.14. The van der Waals surface area contributed by atoms with Gasteiger partial charge < -0.3 is 9.73 Å². The lowest BCUT2D eigenvalue weighted by Crippen LogP contribution is -2.21. The second-order valence-corrected chi connectivity index (χ2v) is 5.84. The Morgan fingerprint density at radius 3 is 2.50 bits per heavy atom. The van der Waals surface area contributed by atoms with Crippen LogP contribution in [0.15, 0.2) is 40.8 Å². The van der Waals surface area contributed by atoms with Crippen molar-refractivity contribution in [3.05, 3.63) is 47.9 Å². The van der Waals surface area contributed by atoms with Crippen molar-refractivity contribution in [3.63, 3.8) is 0 Å². The first-order valence-electron chi connectivity index (χ1n) is 6.07. The van der Waals surface area contributed by atoms with Gasteiger partial charge in [-0.3, -0.25) is 4.72 Å². The molecule has 2 aromatic rings. The van der Waals surface area contributed by atoms with E-state index in [9.17, 15) is 8.42 Å². The monoisotopic (exact) mass is 295 g/mol. The Morgan fingerprint density at radius 2 is 1.90 bits per heavy atom. The quantitative estimate of drug-likeness (QED) is 0.788. The van der Waals surface area contributed by atoms with Crippen molar-refractivity contribution in [2.75, 3.05) is 10.0 Å². The zero-order valence-corrected chi connectivity index (χ0v) is 12.1. The second kappa shape index (κ2) is 5.56. The fourth-order valence-electron chi connectivity index (χ4n) is 1.84. The molecular formula is C13H17N3O3S. The third-order valence-electron chi connectivity index (χ3n) is 2.69. The summed E-state index contributed by atoms with van der Waals surface area (Å²) in [6.07, 6.45) is 0. The Labute approximate surface area is 118 Å². The molecule has 0 aliphatic carbocycles. The van der Waals surface area contributed by atoms with Gasteiger partial charge in [-0.15, -0.1) is 0 Å². The third-order valence-corrected chi connectivity index (χ3v) is 3.21. The van der Waals surface area contributed by atoms with Crippen LogP contribution >= 0.6 is 0 Å². The highest BCUT2D eigenvalue weighted by Crippen LogP contribution is 2.23. The number of nitrogens with two attached hydrogens (primary N) is 1. The molecule has 1 atom stereocenters. The summed E-state index contributed by atoms with van der Waals surface area (Å²) in [7, 11) is -3.77. The Hall–Kier alpha value is -1.99. The minimum Gasteiger partial charge on any atom is -0.464 e. The molecule has 108 valence electrons. The van der Waals surface area contributed by atoms with Gasteiger partial charge in [-0.2, -0.15) is 8.42 Å². The van der Waals surface area contributed by atoms with Gasteiger partial charge in [0.1, 0.15) is 11.5 Å². The van der Waals surface area contributed by atoms with Crippen LogP contribution in [0.25, 0.3) is 0 Å². The number of hydrogen-bond acceptors (Lipinski definition) is 4. The average molecular weight is 295 g/mol. The molecule has 1 aromatic heterocycles. The number of aryl methyl sites for hydroxylation is 1. The van der Waals surface area contributed by atoms with Crippen molar-refractivity contribution >= 4 is 21.6 Å². The first-order valence-corrected chi connectivity index (χ1v) is 7.61. The summed E-state index contributed by atoms with van der Waals surface area (Å²) in [4.78, 5) is 0. The van der Waals surface area contributed by atoms with Crippen LogP contribution in [0.5, 0.6) is 0 Å². The first-order chi connectivity index (χ1) is 9.33. The van der Waals surface area contributed by atoms with Gasteiger partial charge in [-0.05, 0) is 44.2 Å². The molecule has 0 amide bonds. The standard InChI is InChI=1S/C13H17N3O3S/c1-9-6-7-13(19-9)10(2)15-11-4-3-5-12(8-11)16-20(14,17)18/h3-8,10,15-16H,1-2H3,(H2,14,17,18). The molecule has 1 unspecified atom stereocenters. The van der Waals surface area contributed by atoms with E-state index in [1.165, 1.54) is 0 Å². The molecule has 0 spiro atoms. The molecule has 0 saturated carbocycles. The summed E-state index contributed by atoms with van der Waals surface area (Å²) in [5.41, 5.74) is 1.17. The first kappa shape index (κ1) is 14.4. The number of anilines is 2. The van der Waals surface area contributed by atoms with Gasteiger partial charge in [-0.25, -0.2) is 5.14 Å². The lowest BCUT2D eigenvalue weighted by atomic mass is 10.2. The Morgan fingerprint density at radius 1 is 1.20 bits per heavy atom. The molecule has 1 aromatic carbocycles. The van der Waals surface area contributed by atoms with E-state index in [-0.39, 0.29) is 6.04 Å². The van der Waals surface area contributed by atoms with Crippen molar-refractivity contribution in [2.45, 2.75) is 19.9 Å². The number of furan rings is 1. The van der Waals surface area contributed by atoms with Crippen LogP contribution in [0.1, 0.15) is 24.5 Å². The SMILES string of the molecule is Cc1ccc(C(C)Nc2cccc(NS(N)(=O)=O)c2)o1. The zero-order chi connectivity index (χ0) is 14.8. The molecule has 0 saturated heterocycles. The van der Waals surface area contributed by atoms with Gasteiger partial charge in [-0.1, -0.05) is 6.07 Å². The average Bonchev–Trinajstić information content (AvgIpc) is 2.74. The highest BCUT2D eigenvalue weighted by atomic mass is 32.2. The maximum absolute atomic E-state index is 11.0. The van der Waals surface area contributed by atoms with Crippen LogP contribution in [-0.4, -0.2) is 8.42 Å². The minimum atomic E-state index is -3.77. The van der Waals surface area contributed by atoms with Crippen molar-refractivity contribution < 1.29 is 12.8 Å². The van der Waals surface area contributed by atoms with Crippen LogP contribution in [0.4, 0.5) is 11.4 Å². The van der Waals surface area contributed by atoms with E-state index >= 15 is 0 Å². The molecule has 1 heterocycles. The summed E-state index contributed by atoms with van der Waals surface area (Å²) in [6, 6.07) is 10.6. The van der Waals surface area contributed by atoms with Gasteiger partial charge >= 0.3 is 0 Å². The largest absolute Gasteiger partial charge is 0.464 e. The Balaban J connectivity index is 2.11. The lowest BCUT2D eigenvalue weighted by molar-refractivity contribution is 0.467. The second-order valence-electron chi connectivity index (χ2n) is 4.54. The fourth-order valence-corrected chi connectivity index (χ4v) is 2.30. The predicted octanol–water partition coefficient (Wildman–Crippen LogP) is 2.38. The van der Waals surface area contributed by atoms with Gasteiger partial charge in [0.2, 0.25) is 0 Å². The smallest absolute Gasteiger partial charge is 0.296 e. The third kappa shape index (κ3) is 4.01. The topological polar surface area (TPSA) is 97.4 Å². The van der Waals surface area contributed by atoms with Crippen LogP contribution in [0, 0.1) is 6.92 Å². The normalized spacial score (nSPS) is 12.9. The summed E-state index contributed by atoms with van der Waals surface area (Å²) in [5, 5.41) is 8.17. The zero-order valence-electron chi connectivity index (χ0n) is 11.3. The number of rotatable bonds is 5. The van der Waals surface area contributed by atoms with E-state index in [0.29, 0.717) is 5.69 Å². The fraction of sp³-hybridized carbons (Fsp3) is 0.231. The van der Waals surface area contributed by atoms with Gasteiger partial charge in [0, 0.05) is 5.69 Å². The van der Waals surface area contributed by atoms with E-state index in [1.54, 1.807) is 18.2 Å². The molecule has 6 nitrogen and oxygen atoms in total. The molecule has 20 heavy (non-hydrogen) atoms. The molecule has 2 rings (SSSR count). The Kier molecular flexibility index (Phi) is 4.01. The van der Waals surface area contributed by atoms with E-state index in [4.69, 9.17) is 9.56 Å². The van der Waals surface area contributed by atoms with Crippen molar-refractivity contribution in [2.24, 2.45) is 5.14 Å². The molecule has 0 bridgehead atoms. The van der Waals surface area contributed by atoms with Gasteiger partial charge in [0.15, 0.2) is 0 Å². The van der Waals surface area contributed by atoms with Crippen LogP contribution in [-0.2, 0) is 10.2 Å². The minimum absolute atomic E-state index is 0.0339. The van der Waals surface area contributed by atoms with E-state index < -0.39 is 10.2 Å². The molecule has 0 aliphatic rings. The summed E-state index contributed by atoms with van der Waals surface area (Å²) < 4.78 is 29.7. The molecule has 7 heteroatoms. The Bertz CT molecular complexity index is 694. The van der Waals surface area contributed by atoms with Crippen molar-refractivity contribution in [1.29, 1.82) is 0 Å². The summed E-state index contributed by atoms with van der Waals surface area (Å²) >= 11 is 0. The molecule has 0 radical (unpaired) electrons. The number of benzene rings is 1. The molecule has 0 fully saturated rings. The van der Waals surface area contributed by atoms with Crippen molar-refractivity contribution in [1.82, 2.24) is 0 Å². The summed E-state index contributed by atoms with van der Waals surface area (Å²) in [6.45, 7) is 3.84. The van der Waals surface area contributed by atoms with Crippen LogP contribution < -0.4 is 15.2 Å². The predicted molar refractivity (Wildman–Crippen MR) is 78.7 cm³/mol. The van der Waals surface area contributed by atoms with Gasteiger partial charge in [0.25, 0.3) is 10.2 Å².